The molecule has 0 unspecified atom stereocenters. The van der Waals surface area contributed by atoms with Crippen molar-refractivity contribution in [3.05, 3.63) is 41.6 Å². The zero-order chi connectivity index (χ0) is 27.0. The normalized spacial score (nSPS) is 14.8. The van der Waals surface area contributed by atoms with Gasteiger partial charge in [0.1, 0.15) is 24.4 Å². The third-order valence-electron chi connectivity index (χ3n) is 6.16. The predicted molar refractivity (Wildman–Crippen MR) is 138 cm³/mol. The second-order valence-corrected chi connectivity index (χ2v) is 10.2. The quantitative estimate of drug-likeness (QED) is 0.509. The fourth-order valence-electron chi connectivity index (χ4n) is 4.50. The molecule has 2 aliphatic rings. The summed E-state index contributed by atoms with van der Waals surface area (Å²) in [6.45, 7) is 9.23. The molecule has 13 nitrogen and oxygen atoms in total. The van der Waals surface area contributed by atoms with Crippen molar-refractivity contribution in [2.75, 3.05) is 34.8 Å². The van der Waals surface area contributed by atoms with Gasteiger partial charge in [0.25, 0.3) is 0 Å². The van der Waals surface area contributed by atoms with Crippen molar-refractivity contribution in [2.24, 2.45) is 0 Å². The Balaban J connectivity index is 1.37. The molecule has 2 aliphatic heterocycles. The van der Waals surface area contributed by atoms with Crippen LogP contribution in [0.25, 0.3) is 0 Å². The number of aliphatic carboxylic acids is 1. The zero-order valence-corrected chi connectivity index (χ0v) is 21.8. The number of fused-ring (bicyclic) bond motifs is 2. The number of anilines is 4. The highest BCUT2D eigenvalue weighted by Crippen LogP contribution is 2.39. The molecule has 5 rings (SSSR count). The second-order valence-electron chi connectivity index (χ2n) is 10.2. The number of ether oxygens (including phenoxy) is 2. The molecule has 0 radical (unpaired) electrons. The SMILES string of the molecule is Cc1c(N2CCc3cnc(Nc4cnn(CC(=O)O)c4)nc3C2)cnc2c1N(C(=O)OC(C)(C)C)CCO2. The fraction of sp³-hybridized carbons (Fsp3) is 0.440. The summed E-state index contributed by atoms with van der Waals surface area (Å²) in [5.74, 6) is -0.166. The van der Waals surface area contributed by atoms with Crippen LogP contribution in [0, 0.1) is 6.92 Å². The van der Waals surface area contributed by atoms with E-state index >= 15 is 0 Å². The van der Waals surface area contributed by atoms with Gasteiger partial charge >= 0.3 is 12.1 Å². The van der Waals surface area contributed by atoms with Crippen LogP contribution in [0.4, 0.5) is 27.8 Å². The highest BCUT2D eigenvalue weighted by molar-refractivity contribution is 5.92. The predicted octanol–water partition coefficient (Wildman–Crippen LogP) is 2.90. The largest absolute Gasteiger partial charge is 0.480 e. The lowest BCUT2D eigenvalue weighted by atomic mass is 10.0. The van der Waals surface area contributed by atoms with Crippen molar-refractivity contribution in [3.8, 4) is 5.88 Å². The molecule has 0 spiro atoms. The van der Waals surface area contributed by atoms with E-state index in [0.29, 0.717) is 42.9 Å². The Morgan fingerprint density at radius 2 is 2.00 bits per heavy atom. The maximum Gasteiger partial charge on any atom is 0.415 e. The summed E-state index contributed by atoms with van der Waals surface area (Å²) >= 11 is 0. The Morgan fingerprint density at radius 3 is 2.76 bits per heavy atom. The average Bonchev–Trinajstić information content (AvgIpc) is 3.28. The number of carboxylic acids is 1. The van der Waals surface area contributed by atoms with Gasteiger partial charge in [0.15, 0.2) is 0 Å². The molecule has 0 aromatic carbocycles. The number of aromatic nitrogens is 5. The van der Waals surface area contributed by atoms with Gasteiger partial charge in [-0.15, -0.1) is 0 Å². The molecule has 0 saturated heterocycles. The molecule has 0 aliphatic carbocycles. The third kappa shape index (κ3) is 5.31. The summed E-state index contributed by atoms with van der Waals surface area (Å²) in [6.07, 6.45) is 7.01. The lowest BCUT2D eigenvalue weighted by molar-refractivity contribution is -0.137. The smallest absolute Gasteiger partial charge is 0.415 e. The van der Waals surface area contributed by atoms with Crippen LogP contribution in [0.5, 0.6) is 5.88 Å². The molecule has 0 bridgehead atoms. The molecule has 0 atom stereocenters. The first-order chi connectivity index (χ1) is 18.1. The van der Waals surface area contributed by atoms with Gasteiger partial charge in [0.05, 0.1) is 42.6 Å². The fourth-order valence-corrected chi connectivity index (χ4v) is 4.50. The molecule has 13 heteroatoms. The lowest BCUT2D eigenvalue weighted by Crippen LogP contribution is -2.42. The Labute approximate surface area is 219 Å². The summed E-state index contributed by atoms with van der Waals surface area (Å²) in [6, 6.07) is 0. The van der Waals surface area contributed by atoms with E-state index in [-0.39, 0.29) is 6.54 Å². The van der Waals surface area contributed by atoms with Crippen molar-refractivity contribution in [1.29, 1.82) is 0 Å². The second kappa shape index (κ2) is 9.80. The minimum Gasteiger partial charge on any atom is -0.480 e. The molecule has 5 heterocycles. The molecule has 2 N–H and O–H groups in total. The number of hydrogen-bond donors (Lipinski definition) is 2. The molecular formula is C25H30N8O5. The number of carbonyl (C=O) groups is 2. The zero-order valence-electron chi connectivity index (χ0n) is 21.8. The van der Waals surface area contributed by atoms with Crippen LogP contribution in [-0.2, 0) is 29.0 Å². The van der Waals surface area contributed by atoms with E-state index in [4.69, 9.17) is 19.6 Å². The summed E-state index contributed by atoms with van der Waals surface area (Å²) in [5, 5.41) is 16.1. The molecule has 0 saturated carbocycles. The van der Waals surface area contributed by atoms with Crippen LogP contribution in [0.15, 0.2) is 24.8 Å². The third-order valence-corrected chi connectivity index (χ3v) is 6.16. The molecule has 200 valence electrons. The maximum absolute atomic E-state index is 13.0. The number of carboxylic acid groups (broad SMARTS) is 1. The Hall–Kier alpha value is -4.42. The van der Waals surface area contributed by atoms with Gasteiger partial charge < -0.3 is 24.8 Å². The van der Waals surface area contributed by atoms with Crippen molar-refractivity contribution in [2.45, 2.75) is 52.8 Å². The summed E-state index contributed by atoms with van der Waals surface area (Å²) in [4.78, 5) is 41.3. The van der Waals surface area contributed by atoms with Gasteiger partial charge in [0.2, 0.25) is 11.8 Å². The van der Waals surface area contributed by atoms with Crippen LogP contribution < -0.4 is 19.9 Å². The van der Waals surface area contributed by atoms with Crippen LogP contribution in [0.1, 0.15) is 37.6 Å². The molecule has 0 fully saturated rings. The van der Waals surface area contributed by atoms with Gasteiger partial charge in [-0.2, -0.15) is 5.10 Å². The number of amides is 1. The molecule has 3 aromatic rings. The van der Waals surface area contributed by atoms with Crippen molar-refractivity contribution in [3.63, 3.8) is 0 Å². The van der Waals surface area contributed by atoms with Crippen molar-refractivity contribution in [1.82, 2.24) is 24.7 Å². The van der Waals surface area contributed by atoms with Crippen molar-refractivity contribution < 1.29 is 24.2 Å². The maximum atomic E-state index is 13.0. The van der Waals surface area contributed by atoms with E-state index in [1.165, 1.54) is 10.9 Å². The molecule has 3 aromatic heterocycles. The van der Waals surface area contributed by atoms with E-state index in [1.807, 2.05) is 27.7 Å². The lowest BCUT2D eigenvalue weighted by Gasteiger charge is -2.35. The van der Waals surface area contributed by atoms with E-state index < -0.39 is 17.7 Å². The number of carbonyl (C=O) groups excluding carboxylic acids is 1. The highest BCUT2D eigenvalue weighted by Gasteiger charge is 2.32. The Bertz CT molecular complexity index is 1380. The van der Waals surface area contributed by atoms with Crippen molar-refractivity contribution >= 4 is 35.1 Å². The first-order valence-corrected chi connectivity index (χ1v) is 12.3. The number of hydrogen-bond acceptors (Lipinski definition) is 10. The van der Waals surface area contributed by atoms with Gasteiger partial charge in [-0.05, 0) is 39.7 Å². The summed E-state index contributed by atoms with van der Waals surface area (Å²) < 4.78 is 12.7. The topological polar surface area (TPSA) is 148 Å². The number of nitrogens with one attached hydrogen (secondary N) is 1. The summed E-state index contributed by atoms with van der Waals surface area (Å²) in [7, 11) is 0. The molecule has 1 amide bonds. The molecule has 38 heavy (non-hydrogen) atoms. The standard InChI is InChI=1S/C25H30N8O5/c1-15-19(11-26-22-21(15)33(7-8-37-22)24(36)38-25(2,3)4)31-6-5-16-9-27-23(30-18(16)13-31)29-17-10-28-32(12-17)14-20(34)35/h9-12H,5-8,13-14H2,1-4H3,(H,34,35)(H,27,29,30). The van der Waals surface area contributed by atoms with Crippen LogP contribution in [0.2, 0.25) is 0 Å². The monoisotopic (exact) mass is 522 g/mol. The average molecular weight is 523 g/mol. The van der Waals surface area contributed by atoms with Crippen LogP contribution >= 0.6 is 0 Å². The highest BCUT2D eigenvalue weighted by atomic mass is 16.6. The van der Waals surface area contributed by atoms with E-state index in [0.717, 1.165) is 35.5 Å². The van der Waals surface area contributed by atoms with E-state index in [2.05, 4.69) is 25.3 Å². The summed E-state index contributed by atoms with van der Waals surface area (Å²) in [5.41, 5.74) is 4.28. The number of nitrogens with zero attached hydrogens (tertiary/aromatic N) is 7. The number of pyridine rings is 1. The van der Waals surface area contributed by atoms with Crippen LogP contribution in [0.3, 0.4) is 0 Å². The van der Waals surface area contributed by atoms with Gasteiger partial charge in [0, 0.05) is 24.5 Å². The van der Waals surface area contributed by atoms with Gasteiger partial charge in [-0.3, -0.25) is 14.4 Å². The van der Waals surface area contributed by atoms with Gasteiger partial charge in [-0.1, -0.05) is 0 Å². The number of rotatable bonds is 5. The first kappa shape index (κ1) is 25.2. The van der Waals surface area contributed by atoms with E-state index in [9.17, 15) is 9.59 Å². The Morgan fingerprint density at radius 1 is 1.18 bits per heavy atom. The van der Waals surface area contributed by atoms with Gasteiger partial charge in [-0.25, -0.2) is 19.7 Å². The molecular weight excluding hydrogens is 492 g/mol. The van der Waals surface area contributed by atoms with E-state index in [1.54, 1.807) is 23.5 Å². The minimum atomic E-state index is -0.975. The minimum absolute atomic E-state index is 0.230. The first-order valence-electron chi connectivity index (χ1n) is 12.3. The van der Waals surface area contributed by atoms with Crippen LogP contribution in [-0.4, -0.2) is 67.2 Å². The Kier molecular flexibility index (Phi) is 6.51.